The van der Waals surface area contributed by atoms with E-state index >= 15 is 4.39 Å². The van der Waals surface area contributed by atoms with Gasteiger partial charge in [-0.2, -0.15) is 10.2 Å². The fourth-order valence-electron chi connectivity index (χ4n) is 3.39. The number of carbonyl (C=O) groups excluding carboxylic acids is 1. The highest BCUT2D eigenvalue weighted by Gasteiger charge is 2.50. The van der Waals surface area contributed by atoms with Gasteiger partial charge in [0.15, 0.2) is 0 Å². The third kappa shape index (κ3) is 3.95. The number of aromatic amines is 1. The lowest BCUT2D eigenvalue weighted by Crippen LogP contribution is -2.48. The number of piperidine rings is 1. The number of carbonyl (C=O) groups is 1. The second-order valence-corrected chi connectivity index (χ2v) is 9.25. The molecule has 13 heteroatoms. The number of urea groups is 1. The van der Waals surface area contributed by atoms with Crippen LogP contribution in [0.5, 0.6) is 0 Å². The summed E-state index contributed by atoms with van der Waals surface area (Å²) in [5.41, 5.74) is -0.965. The van der Waals surface area contributed by atoms with Crippen molar-refractivity contribution in [3.05, 3.63) is 24.2 Å². The van der Waals surface area contributed by atoms with Crippen LogP contribution in [0.1, 0.15) is 31.9 Å². The maximum atomic E-state index is 15.5. The Kier molecular flexibility index (Phi) is 5.61. The summed E-state index contributed by atoms with van der Waals surface area (Å²) in [7, 11) is -3.45. The molecule has 1 atom stereocenters. The largest absolute Gasteiger partial charge is 0.324 e. The summed E-state index contributed by atoms with van der Waals surface area (Å²) in [6.07, 6.45) is -0.667. The van der Waals surface area contributed by atoms with Crippen molar-refractivity contribution >= 4 is 21.7 Å². The maximum Gasteiger partial charge on any atom is 0.322 e. The molecule has 0 bridgehead atoms. The second-order valence-electron chi connectivity index (χ2n) is 7.00. The van der Waals surface area contributed by atoms with Gasteiger partial charge in [0.25, 0.3) is 6.43 Å². The highest BCUT2D eigenvalue weighted by atomic mass is 32.2. The van der Waals surface area contributed by atoms with Crippen LogP contribution < -0.4 is 5.32 Å². The lowest BCUT2D eigenvalue weighted by molar-refractivity contribution is 0.116. The highest BCUT2D eigenvalue weighted by molar-refractivity contribution is 7.92. The van der Waals surface area contributed by atoms with Crippen LogP contribution in [0.4, 0.5) is 23.8 Å². The Balaban J connectivity index is 1.73. The number of aryl methyl sites for hydroxylation is 1. The Morgan fingerprint density at radius 2 is 2.03 bits per heavy atom. The molecule has 0 saturated carbocycles. The van der Waals surface area contributed by atoms with Crippen molar-refractivity contribution in [2.24, 2.45) is 13.0 Å². The quantitative estimate of drug-likeness (QED) is 0.751. The van der Waals surface area contributed by atoms with Crippen LogP contribution in [0.15, 0.2) is 23.4 Å². The fraction of sp³-hybridized carbons (Fsp3) is 0.562. The number of halogens is 3. The zero-order valence-corrected chi connectivity index (χ0v) is 16.6. The third-order valence-corrected chi connectivity index (χ3v) is 7.38. The average Bonchev–Trinajstić information content (AvgIpc) is 3.31. The van der Waals surface area contributed by atoms with E-state index < -0.39 is 43.8 Å². The summed E-state index contributed by atoms with van der Waals surface area (Å²) in [5.74, 6) is -0.569. The van der Waals surface area contributed by atoms with Gasteiger partial charge >= 0.3 is 6.03 Å². The molecule has 2 amide bonds. The van der Waals surface area contributed by atoms with Gasteiger partial charge in [0.2, 0.25) is 14.8 Å². The van der Waals surface area contributed by atoms with E-state index in [0.29, 0.717) is 5.82 Å². The average molecular weight is 434 g/mol. The van der Waals surface area contributed by atoms with E-state index in [4.69, 9.17) is 0 Å². The number of hydrogen-bond acceptors (Lipinski definition) is 5. The molecule has 1 aliphatic heterocycles. The molecule has 1 aliphatic rings. The third-order valence-electron chi connectivity index (χ3n) is 5.10. The van der Waals surface area contributed by atoms with Crippen LogP contribution in [0, 0.1) is 5.92 Å². The van der Waals surface area contributed by atoms with Crippen LogP contribution in [0.3, 0.4) is 0 Å². The first-order valence-electron chi connectivity index (χ1n) is 8.84. The smallest absolute Gasteiger partial charge is 0.322 e. The number of rotatable bonds is 5. The number of alkyl halides is 3. The Morgan fingerprint density at radius 1 is 1.38 bits per heavy atom. The molecule has 2 aromatic rings. The summed E-state index contributed by atoms with van der Waals surface area (Å²) in [5, 5.41) is 9.54. The molecule has 29 heavy (non-hydrogen) atoms. The minimum absolute atomic E-state index is 0.0624. The molecular formula is C16H21F3N6O3S. The summed E-state index contributed by atoms with van der Waals surface area (Å²) >= 11 is 0. The van der Waals surface area contributed by atoms with Crippen molar-refractivity contribution in [1.29, 1.82) is 0 Å². The number of anilines is 1. The van der Waals surface area contributed by atoms with E-state index in [-0.39, 0.29) is 25.9 Å². The number of likely N-dealkylation sites (tertiary alicyclic amines) is 1. The van der Waals surface area contributed by atoms with Crippen LogP contribution in [-0.2, 0) is 16.9 Å². The zero-order valence-electron chi connectivity index (χ0n) is 15.8. The summed E-state index contributed by atoms with van der Waals surface area (Å²) in [6.45, 7) is 1.12. The van der Waals surface area contributed by atoms with Gasteiger partial charge in [-0.1, -0.05) is 0 Å². The fourth-order valence-corrected chi connectivity index (χ4v) is 5.20. The lowest BCUT2D eigenvalue weighted by Gasteiger charge is -2.37. The number of H-pyrrole nitrogens is 1. The number of amides is 2. The van der Waals surface area contributed by atoms with Gasteiger partial charge in [-0.05, 0) is 19.8 Å². The van der Waals surface area contributed by atoms with E-state index in [1.165, 1.54) is 18.1 Å². The summed E-state index contributed by atoms with van der Waals surface area (Å²) < 4.78 is 68.5. The first kappa shape index (κ1) is 21.1. The molecule has 2 aromatic heterocycles. The molecule has 0 spiro atoms. The van der Waals surface area contributed by atoms with Crippen molar-refractivity contribution < 1.29 is 26.4 Å². The first-order valence-corrected chi connectivity index (χ1v) is 10.3. The van der Waals surface area contributed by atoms with Crippen molar-refractivity contribution in [3.63, 3.8) is 0 Å². The van der Waals surface area contributed by atoms with Crippen LogP contribution in [0.25, 0.3) is 0 Å². The molecule has 1 fully saturated rings. The van der Waals surface area contributed by atoms with Crippen molar-refractivity contribution in [1.82, 2.24) is 24.9 Å². The predicted octanol–water partition coefficient (Wildman–Crippen LogP) is 2.48. The van der Waals surface area contributed by atoms with Gasteiger partial charge in [0.1, 0.15) is 16.4 Å². The Labute approximate surface area is 165 Å². The van der Waals surface area contributed by atoms with Gasteiger partial charge in [0, 0.05) is 38.3 Å². The number of sulfone groups is 1. The molecule has 1 unspecified atom stereocenters. The van der Waals surface area contributed by atoms with Gasteiger partial charge in [-0.3, -0.25) is 15.1 Å². The number of hydrogen-bond donors (Lipinski definition) is 2. The summed E-state index contributed by atoms with van der Waals surface area (Å²) in [6, 6.07) is 1.13. The Morgan fingerprint density at radius 3 is 2.59 bits per heavy atom. The van der Waals surface area contributed by atoms with Crippen LogP contribution in [0.2, 0.25) is 0 Å². The molecule has 0 radical (unpaired) electrons. The lowest BCUT2D eigenvalue weighted by atomic mass is 9.92. The molecule has 3 heterocycles. The molecular weight excluding hydrogens is 413 g/mol. The van der Waals surface area contributed by atoms with Crippen molar-refractivity contribution in [2.45, 2.75) is 36.1 Å². The second kappa shape index (κ2) is 7.69. The molecule has 1 saturated heterocycles. The zero-order chi connectivity index (χ0) is 21.4. The molecule has 0 aliphatic carbocycles. The Hall–Kier alpha value is -2.57. The molecule has 0 aromatic carbocycles. The number of nitrogens with zero attached hydrogens (tertiary/aromatic N) is 4. The molecule has 2 N–H and O–H groups in total. The van der Waals surface area contributed by atoms with E-state index in [1.807, 2.05) is 0 Å². The Bertz CT molecular complexity index is 966. The SMILES string of the molecule is Cn1cc(S(=O)(=O)C(C)(F)C2CCN(C(=O)Nc3ccn[nH]3)CC2)c(C(F)F)n1. The highest BCUT2D eigenvalue weighted by Crippen LogP contribution is 2.41. The molecule has 160 valence electrons. The van der Waals surface area contributed by atoms with E-state index in [9.17, 15) is 22.0 Å². The number of nitrogens with one attached hydrogen (secondary N) is 2. The normalized spacial score (nSPS) is 18.1. The van der Waals surface area contributed by atoms with Gasteiger partial charge in [-0.15, -0.1) is 0 Å². The first-order chi connectivity index (χ1) is 13.5. The summed E-state index contributed by atoms with van der Waals surface area (Å²) in [4.78, 5) is 12.8. The van der Waals surface area contributed by atoms with Crippen molar-refractivity contribution in [3.8, 4) is 0 Å². The van der Waals surface area contributed by atoms with Crippen molar-refractivity contribution in [2.75, 3.05) is 18.4 Å². The van der Waals surface area contributed by atoms with Crippen LogP contribution >= 0.6 is 0 Å². The van der Waals surface area contributed by atoms with E-state index in [0.717, 1.165) is 17.8 Å². The maximum absolute atomic E-state index is 15.5. The van der Waals surface area contributed by atoms with Gasteiger partial charge < -0.3 is 4.90 Å². The topological polar surface area (TPSA) is 113 Å². The monoisotopic (exact) mass is 434 g/mol. The van der Waals surface area contributed by atoms with Gasteiger partial charge in [0.05, 0.1) is 6.20 Å². The number of aromatic nitrogens is 4. The minimum atomic E-state index is -4.73. The molecule has 3 rings (SSSR count). The minimum Gasteiger partial charge on any atom is -0.324 e. The van der Waals surface area contributed by atoms with Gasteiger partial charge in [-0.25, -0.2) is 26.4 Å². The van der Waals surface area contributed by atoms with Crippen LogP contribution in [-0.4, -0.2) is 57.4 Å². The van der Waals surface area contributed by atoms with E-state index in [2.05, 4.69) is 20.6 Å². The van der Waals surface area contributed by atoms with E-state index in [1.54, 1.807) is 6.07 Å². The standard InChI is InChI=1S/C16H21F3N6O3S/c1-16(19,29(27,28)11-9-24(2)23-13(11)14(17)18)10-4-7-25(8-5-10)15(26)21-12-3-6-20-22-12/h3,6,9-10,14H,4-5,7-8H2,1-2H3,(H2,20,21,22,26). The molecule has 9 nitrogen and oxygen atoms in total. The predicted molar refractivity (Wildman–Crippen MR) is 96.8 cm³/mol.